The Labute approximate surface area is 171 Å². The van der Waals surface area contributed by atoms with E-state index in [-0.39, 0.29) is 11.2 Å². The molecule has 3 rings (SSSR count). The Bertz CT molecular complexity index is 784. The number of methoxy groups -OCH3 is 1. The van der Waals surface area contributed by atoms with Crippen molar-refractivity contribution in [1.82, 2.24) is 24.6 Å². The summed E-state index contributed by atoms with van der Waals surface area (Å²) in [6.07, 6.45) is 0. The van der Waals surface area contributed by atoms with Crippen molar-refractivity contribution in [3.8, 4) is 17.1 Å². The zero-order chi connectivity index (χ0) is 20.1. The second kappa shape index (κ2) is 9.43. The van der Waals surface area contributed by atoms with E-state index in [1.807, 2.05) is 36.1 Å². The Kier molecular flexibility index (Phi) is 6.96. The number of likely N-dealkylation sites (N-methyl/N-ethyl adjacent to an activating group) is 1. The van der Waals surface area contributed by atoms with Gasteiger partial charge in [0.15, 0.2) is 11.0 Å². The number of amides is 1. The third kappa shape index (κ3) is 4.50. The monoisotopic (exact) mass is 403 g/mol. The van der Waals surface area contributed by atoms with Gasteiger partial charge in [-0.05, 0) is 44.7 Å². The van der Waals surface area contributed by atoms with E-state index in [1.54, 1.807) is 7.11 Å². The zero-order valence-corrected chi connectivity index (χ0v) is 17.9. The van der Waals surface area contributed by atoms with Gasteiger partial charge in [0, 0.05) is 38.3 Å². The van der Waals surface area contributed by atoms with E-state index in [9.17, 15) is 4.79 Å². The lowest BCUT2D eigenvalue weighted by Crippen LogP contribution is -2.50. The number of ether oxygens (including phenoxy) is 1. The molecule has 0 bridgehead atoms. The molecule has 2 heterocycles. The van der Waals surface area contributed by atoms with Crippen LogP contribution < -0.4 is 4.74 Å². The zero-order valence-electron chi connectivity index (χ0n) is 17.1. The smallest absolute Gasteiger partial charge is 0.235 e. The molecule has 152 valence electrons. The fourth-order valence-electron chi connectivity index (χ4n) is 3.36. The summed E-state index contributed by atoms with van der Waals surface area (Å²) >= 11 is 1.49. The van der Waals surface area contributed by atoms with Gasteiger partial charge in [-0.25, -0.2) is 0 Å². The van der Waals surface area contributed by atoms with Crippen LogP contribution in [0.15, 0.2) is 29.4 Å². The molecule has 1 fully saturated rings. The highest BCUT2D eigenvalue weighted by molar-refractivity contribution is 8.00. The molecule has 0 unspecified atom stereocenters. The van der Waals surface area contributed by atoms with Gasteiger partial charge in [-0.2, -0.15) is 0 Å². The Morgan fingerprint density at radius 2 is 1.79 bits per heavy atom. The molecule has 1 aliphatic heterocycles. The number of carbonyl (C=O) groups excluding carboxylic acids is 1. The van der Waals surface area contributed by atoms with Crippen LogP contribution in [-0.2, 0) is 11.3 Å². The molecule has 0 N–H and O–H groups in total. The quantitative estimate of drug-likeness (QED) is 0.662. The minimum absolute atomic E-state index is 0.178. The summed E-state index contributed by atoms with van der Waals surface area (Å²) < 4.78 is 7.29. The van der Waals surface area contributed by atoms with Crippen molar-refractivity contribution < 1.29 is 9.53 Å². The number of benzene rings is 1. The van der Waals surface area contributed by atoms with Gasteiger partial charge in [-0.3, -0.25) is 4.79 Å². The molecule has 1 amide bonds. The van der Waals surface area contributed by atoms with Crippen LogP contribution in [0.5, 0.6) is 5.75 Å². The summed E-state index contributed by atoms with van der Waals surface area (Å²) in [5.74, 6) is 1.80. The van der Waals surface area contributed by atoms with Crippen molar-refractivity contribution in [3.63, 3.8) is 0 Å². The van der Waals surface area contributed by atoms with Crippen LogP contribution in [0.4, 0.5) is 0 Å². The summed E-state index contributed by atoms with van der Waals surface area (Å²) in [6, 6.07) is 7.79. The highest BCUT2D eigenvalue weighted by Crippen LogP contribution is 2.28. The van der Waals surface area contributed by atoms with Crippen LogP contribution in [-0.4, -0.2) is 75.6 Å². The lowest BCUT2D eigenvalue weighted by Gasteiger charge is -2.35. The maximum Gasteiger partial charge on any atom is 0.235 e. The molecule has 1 aliphatic rings. The predicted octanol–water partition coefficient (Wildman–Crippen LogP) is 2.62. The second-order valence-electron chi connectivity index (χ2n) is 6.80. The molecule has 7 nitrogen and oxygen atoms in total. The summed E-state index contributed by atoms with van der Waals surface area (Å²) in [4.78, 5) is 17.2. The summed E-state index contributed by atoms with van der Waals surface area (Å²) in [7, 11) is 1.65. The van der Waals surface area contributed by atoms with E-state index < -0.39 is 0 Å². The third-order valence-corrected chi connectivity index (χ3v) is 6.21. The van der Waals surface area contributed by atoms with Crippen LogP contribution in [0.25, 0.3) is 11.4 Å². The minimum atomic E-state index is -0.189. The SMILES string of the molecule is CCN1CCN(C(=O)[C@@H](C)Sc2nnc(-c3ccc(OC)cc3)n2CC)CC1. The maximum atomic E-state index is 12.9. The van der Waals surface area contributed by atoms with Crippen LogP contribution in [0.1, 0.15) is 20.8 Å². The molecular weight excluding hydrogens is 374 g/mol. The first-order valence-electron chi connectivity index (χ1n) is 9.82. The van der Waals surface area contributed by atoms with Crippen LogP contribution in [0, 0.1) is 0 Å². The van der Waals surface area contributed by atoms with Crippen LogP contribution >= 0.6 is 11.8 Å². The van der Waals surface area contributed by atoms with Crippen molar-refractivity contribution in [2.24, 2.45) is 0 Å². The number of piperazine rings is 1. The largest absolute Gasteiger partial charge is 0.497 e. The van der Waals surface area contributed by atoms with Gasteiger partial charge in [0.05, 0.1) is 12.4 Å². The second-order valence-corrected chi connectivity index (χ2v) is 8.11. The number of thioether (sulfide) groups is 1. The van der Waals surface area contributed by atoms with Gasteiger partial charge in [-0.15, -0.1) is 10.2 Å². The molecule has 0 aliphatic carbocycles. The fourth-order valence-corrected chi connectivity index (χ4v) is 4.36. The van der Waals surface area contributed by atoms with Crippen molar-refractivity contribution in [2.45, 2.75) is 37.7 Å². The highest BCUT2D eigenvalue weighted by atomic mass is 32.2. The van der Waals surface area contributed by atoms with Gasteiger partial charge in [0.25, 0.3) is 0 Å². The molecule has 2 aromatic rings. The van der Waals surface area contributed by atoms with Crippen molar-refractivity contribution in [3.05, 3.63) is 24.3 Å². The molecule has 8 heteroatoms. The van der Waals surface area contributed by atoms with Crippen molar-refractivity contribution in [1.29, 1.82) is 0 Å². The molecule has 1 aromatic carbocycles. The first kappa shape index (κ1) is 20.7. The Balaban J connectivity index is 1.70. The van der Waals surface area contributed by atoms with Crippen LogP contribution in [0.3, 0.4) is 0 Å². The van der Waals surface area contributed by atoms with E-state index >= 15 is 0 Å². The van der Waals surface area contributed by atoms with E-state index in [1.165, 1.54) is 11.8 Å². The molecular formula is C20H29N5O2S. The fraction of sp³-hybridized carbons (Fsp3) is 0.550. The third-order valence-electron chi connectivity index (χ3n) is 5.14. The molecule has 1 aromatic heterocycles. The Hall–Kier alpha value is -2.06. The molecule has 1 atom stereocenters. The number of carbonyl (C=O) groups is 1. The highest BCUT2D eigenvalue weighted by Gasteiger charge is 2.27. The Morgan fingerprint density at radius 1 is 1.11 bits per heavy atom. The van der Waals surface area contributed by atoms with E-state index in [2.05, 4.69) is 33.5 Å². The molecule has 0 radical (unpaired) electrons. The van der Waals surface area contributed by atoms with Crippen molar-refractivity contribution in [2.75, 3.05) is 39.8 Å². The molecule has 28 heavy (non-hydrogen) atoms. The molecule has 0 spiro atoms. The topological polar surface area (TPSA) is 63.5 Å². The van der Waals surface area contributed by atoms with E-state index in [4.69, 9.17) is 4.74 Å². The first-order chi connectivity index (χ1) is 13.6. The minimum Gasteiger partial charge on any atom is -0.497 e. The lowest BCUT2D eigenvalue weighted by atomic mass is 10.2. The standard InChI is InChI=1S/C20H29N5O2S/c1-5-23-11-13-24(14-12-23)19(26)15(3)28-20-22-21-18(25(20)6-2)16-7-9-17(27-4)10-8-16/h7-10,15H,5-6,11-14H2,1-4H3/t15-/m1/s1. The van der Waals surface area contributed by atoms with Gasteiger partial charge in [0.1, 0.15) is 5.75 Å². The van der Waals surface area contributed by atoms with Gasteiger partial charge >= 0.3 is 0 Å². The molecule has 0 saturated carbocycles. The van der Waals surface area contributed by atoms with Gasteiger partial charge in [0.2, 0.25) is 5.91 Å². The first-order valence-corrected chi connectivity index (χ1v) is 10.7. The number of hydrogen-bond acceptors (Lipinski definition) is 6. The number of hydrogen-bond donors (Lipinski definition) is 0. The summed E-state index contributed by atoms with van der Waals surface area (Å²) in [5, 5.41) is 9.33. The normalized spacial score (nSPS) is 16.2. The van der Waals surface area contributed by atoms with Gasteiger partial charge < -0.3 is 19.1 Å². The number of nitrogens with zero attached hydrogens (tertiary/aromatic N) is 5. The van der Waals surface area contributed by atoms with Crippen molar-refractivity contribution >= 4 is 17.7 Å². The average Bonchev–Trinajstić information content (AvgIpc) is 3.15. The maximum absolute atomic E-state index is 12.9. The lowest BCUT2D eigenvalue weighted by molar-refractivity contribution is -0.132. The number of aromatic nitrogens is 3. The van der Waals surface area contributed by atoms with Gasteiger partial charge in [-0.1, -0.05) is 18.7 Å². The predicted molar refractivity (Wildman–Crippen MR) is 112 cm³/mol. The Morgan fingerprint density at radius 3 is 2.36 bits per heavy atom. The van der Waals surface area contributed by atoms with E-state index in [0.717, 1.165) is 61.6 Å². The number of rotatable bonds is 7. The summed E-state index contributed by atoms with van der Waals surface area (Å²) in [6.45, 7) is 11.5. The molecule has 1 saturated heterocycles. The average molecular weight is 404 g/mol. The summed E-state index contributed by atoms with van der Waals surface area (Å²) in [5.41, 5.74) is 0.983. The van der Waals surface area contributed by atoms with Crippen LogP contribution in [0.2, 0.25) is 0 Å². The van der Waals surface area contributed by atoms with E-state index in [0.29, 0.717) is 0 Å².